The summed E-state index contributed by atoms with van der Waals surface area (Å²) in [7, 11) is 0. The Bertz CT molecular complexity index is 796. The molecule has 1 N–H and O–H groups in total. The van der Waals surface area contributed by atoms with Gasteiger partial charge < -0.3 is 5.32 Å². The fourth-order valence-electron chi connectivity index (χ4n) is 2.72. The lowest BCUT2D eigenvalue weighted by atomic mass is 10.0. The minimum Gasteiger partial charge on any atom is -0.355 e. The van der Waals surface area contributed by atoms with Crippen LogP contribution in [0.3, 0.4) is 0 Å². The largest absolute Gasteiger partial charge is 0.355 e. The molecule has 0 spiro atoms. The van der Waals surface area contributed by atoms with Crippen molar-refractivity contribution in [1.29, 1.82) is 0 Å². The maximum Gasteiger partial charge on any atom is 0.220 e. The Morgan fingerprint density at radius 2 is 1.76 bits per heavy atom. The molecular formula is C21H23N3O. The number of amides is 1. The van der Waals surface area contributed by atoms with Crippen molar-refractivity contribution >= 4 is 5.91 Å². The number of aromatic nitrogens is 2. The number of nitrogens with one attached hydrogen (secondary N) is 1. The second kappa shape index (κ2) is 8.29. The molecule has 2 aromatic carbocycles. The summed E-state index contributed by atoms with van der Waals surface area (Å²) in [6, 6.07) is 20.2. The van der Waals surface area contributed by atoms with E-state index in [2.05, 4.69) is 29.5 Å². The third-order valence-corrected chi connectivity index (χ3v) is 4.27. The Kier molecular flexibility index (Phi) is 5.62. The van der Waals surface area contributed by atoms with E-state index in [0.29, 0.717) is 25.3 Å². The molecule has 0 bridgehead atoms. The molecule has 25 heavy (non-hydrogen) atoms. The van der Waals surface area contributed by atoms with Crippen LogP contribution in [0.2, 0.25) is 0 Å². The second-order valence-electron chi connectivity index (χ2n) is 6.24. The Labute approximate surface area is 148 Å². The van der Waals surface area contributed by atoms with E-state index in [4.69, 9.17) is 0 Å². The van der Waals surface area contributed by atoms with Gasteiger partial charge >= 0.3 is 0 Å². The van der Waals surface area contributed by atoms with Crippen LogP contribution < -0.4 is 5.32 Å². The van der Waals surface area contributed by atoms with Gasteiger partial charge in [0.1, 0.15) is 0 Å². The minimum atomic E-state index is 0.0789. The number of para-hydroxylation sites is 1. The second-order valence-corrected chi connectivity index (χ2v) is 6.24. The highest BCUT2D eigenvalue weighted by atomic mass is 16.1. The molecule has 0 saturated heterocycles. The highest BCUT2D eigenvalue weighted by Gasteiger charge is 2.08. The van der Waals surface area contributed by atoms with E-state index in [-0.39, 0.29) is 5.91 Å². The topological polar surface area (TPSA) is 46.9 Å². The molecule has 4 heteroatoms. The van der Waals surface area contributed by atoms with Crippen LogP contribution in [0.25, 0.3) is 5.69 Å². The molecule has 1 amide bonds. The van der Waals surface area contributed by atoms with Crippen molar-refractivity contribution in [2.75, 3.05) is 6.54 Å². The lowest BCUT2D eigenvalue weighted by Crippen LogP contribution is -2.27. The van der Waals surface area contributed by atoms with Gasteiger partial charge in [-0.2, -0.15) is 5.10 Å². The van der Waals surface area contributed by atoms with Crippen LogP contribution in [0.4, 0.5) is 0 Å². The van der Waals surface area contributed by atoms with Gasteiger partial charge in [-0.3, -0.25) is 4.79 Å². The van der Waals surface area contributed by atoms with Gasteiger partial charge in [0.25, 0.3) is 0 Å². The maximum absolute atomic E-state index is 12.1. The van der Waals surface area contributed by atoms with Crippen molar-refractivity contribution in [1.82, 2.24) is 15.1 Å². The number of carbonyl (C=O) groups is 1. The first-order valence-electron chi connectivity index (χ1n) is 8.63. The fourth-order valence-corrected chi connectivity index (χ4v) is 2.72. The minimum absolute atomic E-state index is 0.0789. The lowest BCUT2D eigenvalue weighted by molar-refractivity contribution is -0.121. The summed E-state index contributed by atoms with van der Waals surface area (Å²) in [5.41, 5.74) is 3.33. The Morgan fingerprint density at radius 3 is 2.48 bits per heavy atom. The van der Waals surface area contributed by atoms with E-state index in [1.807, 2.05) is 65.6 Å². The number of benzene rings is 2. The van der Waals surface area contributed by atoms with Gasteiger partial charge in [-0.25, -0.2) is 4.68 Å². The fraction of sp³-hybridized carbons (Fsp3) is 0.238. The molecule has 4 nitrogen and oxygen atoms in total. The maximum atomic E-state index is 12.1. The standard InChI is InChI=1S/C21H23N3O/c1-17(19-8-4-2-5-9-19)14-22-21(25)13-12-18-15-23-24(16-18)20-10-6-3-7-11-20/h2-11,15-17H,12-14H2,1H3,(H,22,25)/t17-/m1/s1. The molecule has 3 aromatic rings. The van der Waals surface area contributed by atoms with Crippen LogP contribution in [0.15, 0.2) is 73.1 Å². The first-order valence-corrected chi connectivity index (χ1v) is 8.63. The number of nitrogens with zero attached hydrogens (tertiary/aromatic N) is 2. The first kappa shape index (κ1) is 17.0. The third kappa shape index (κ3) is 4.80. The van der Waals surface area contributed by atoms with E-state index >= 15 is 0 Å². The molecular weight excluding hydrogens is 310 g/mol. The molecule has 1 aromatic heterocycles. The molecule has 0 saturated carbocycles. The van der Waals surface area contributed by atoms with E-state index in [1.165, 1.54) is 5.56 Å². The molecule has 1 heterocycles. The van der Waals surface area contributed by atoms with Crippen LogP contribution in [0.5, 0.6) is 0 Å². The molecule has 128 valence electrons. The van der Waals surface area contributed by atoms with Crippen LogP contribution in [0, 0.1) is 0 Å². The van der Waals surface area contributed by atoms with E-state index in [1.54, 1.807) is 0 Å². The molecule has 0 fully saturated rings. The summed E-state index contributed by atoms with van der Waals surface area (Å²) < 4.78 is 1.84. The monoisotopic (exact) mass is 333 g/mol. The summed E-state index contributed by atoms with van der Waals surface area (Å²) in [6.07, 6.45) is 4.97. The highest BCUT2D eigenvalue weighted by Crippen LogP contribution is 2.13. The number of aryl methyl sites for hydroxylation is 1. The van der Waals surface area contributed by atoms with E-state index in [0.717, 1.165) is 11.3 Å². The van der Waals surface area contributed by atoms with Crippen molar-refractivity contribution in [3.8, 4) is 5.69 Å². The molecule has 0 aliphatic rings. The number of hydrogen-bond acceptors (Lipinski definition) is 2. The Morgan fingerprint density at radius 1 is 1.08 bits per heavy atom. The van der Waals surface area contributed by atoms with Crippen molar-refractivity contribution in [3.05, 3.63) is 84.2 Å². The van der Waals surface area contributed by atoms with Gasteiger partial charge in [0, 0.05) is 19.2 Å². The zero-order chi connectivity index (χ0) is 17.5. The van der Waals surface area contributed by atoms with E-state index in [9.17, 15) is 4.79 Å². The predicted octanol–water partition coefficient (Wildman–Crippen LogP) is 3.72. The Balaban J connectivity index is 1.46. The van der Waals surface area contributed by atoms with Gasteiger partial charge in [0.2, 0.25) is 5.91 Å². The van der Waals surface area contributed by atoms with Crippen molar-refractivity contribution in [2.24, 2.45) is 0 Å². The molecule has 3 rings (SSSR count). The van der Waals surface area contributed by atoms with Gasteiger partial charge in [-0.1, -0.05) is 55.5 Å². The molecule has 0 aliphatic heterocycles. The summed E-state index contributed by atoms with van der Waals surface area (Å²) in [4.78, 5) is 12.1. The van der Waals surface area contributed by atoms with Crippen LogP contribution in [-0.2, 0) is 11.2 Å². The van der Waals surface area contributed by atoms with Gasteiger partial charge in [0.05, 0.1) is 11.9 Å². The van der Waals surface area contributed by atoms with Crippen LogP contribution in [0.1, 0.15) is 30.4 Å². The van der Waals surface area contributed by atoms with Crippen LogP contribution in [-0.4, -0.2) is 22.2 Å². The SMILES string of the molecule is C[C@H](CNC(=O)CCc1cnn(-c2ccccc2)c1)c1ccccc1. The van der Waals surface area contributed by atoms with E-state index < -0.39 is 0 Å². The average Bonchev–Trinajstić information content (AvgIpc) is 3.15. The van der Waals surface area contributed by atoms with Crippen molar-refractivity contribution < 1.29 is 4.79 Å². The summed E-state index contributed by atoms with van der Waals surface area (Å²) >= 11 is 0. The summed E-state index contributed by atoms with van der Waals surface area (Å²) in [6.45, 7) is 2.78. The third-order valence-electron chi connectivity index (χ3n) is 4.27. The number of carbonyl (C=O) groups excluding carboxylic acids is 1. The van der Waals surface area contributed by atoms with Crippen LogP contribution >= 0.6 is 0 Å². The zero-order valence-electron chi connectivity index (χ0n) is 14.4. The first-order chi connectivity index (χ1) is 12.2. The van der Waals surface area contributed by atoms with Gasteiger partial charge in [0.15, 0.2) is 0 Å². The van der Waals surface area contributed by atoms with Gasteiger partial charge in [-0.05, 0) is 35.6 Å². The number of hydrogen-bond donors (Lipinski definition) is 1. The molecule has 0 unspecified atom stereocenters. The predicted molar refractivity (Wildman–Crippen MR) is 99.8 cm³/mol. The lowest BCUT2D eigenvalue weighted by Gasteiger charge is -2.12. The average molecular weight is 333 g/mol. The summed E-state index contributed by atoms with van der Waals surface area (Å²) in [5.74, 6) is 0.390. The van der Waals surface area contributed by atoms with Crippen molar-refractivity contribution in [3.63, 3.8) is 0 Å². The Hall–Kier alpha value is -2.88. The highest BCUT2D eigenvalue weighted by molar-refractivity contribution is 5.76. The zero-order valence-corrected chi connectivity index (χ0v) is 14.4. The normalized spacial score (nSPS) is 11.9. The molecule has 0 aliphatic carbocycles. The molecule has 1 atom stereocenters. The quantitative estimate of drug-likeness (QED) is 0.716. The summed E-state index contributed by atoms with van der Waals surface area (Å²) in [5, 5.41) is 7.39. The van der Waals surface area contributed by atoms with Gasteiger partial charge in [-0.15, -0.1) is 0 Å². The molecule has 0 radical (unpaired) electrons. The number of rotatable bonds is 7. The van der Waals surface area contributed by atoms with Crippen molar-refractivity contribution in [2.45, 2.75) is 25.7 Å². The smallest absolute Gasteiger partial charge is 0.220 e.